The minimum atomic E-state index is -4.22. The monoisotopic (exact) mass is 258 g/mol. The zero-order valence-electron chi connectivity index (χ0n) is 3.75. The van der Waals surface area contributed by atoms with Crippen molar-refractivity contribution >= 4 is 100 Å². The van der Waals surface area contributed by atoms with Crippen molar-refractivity contribution in [1.29, 1.82) is 0 Å². The SMILES string of the molecule is O=S(=O)(S)OS(=O)(O)=S.[NaH].[NaH]. The zero-order chi connectivity index (χ0) is 7.71. The van der Waals surface area contributed by atoms with Gasteiger partial charge in [0.25, 0.3) is 9.05 Å². The molecule has 0 heterocycles. The summed E-state index contributed by atoms with van der Waals surface area (Å²) in [5, 5.41) is 0. The van der Waals surface area contributed by atoms with E-state index in [1.54, 1.807) is 0 Å². The molecule has 0 rings (SSSR count). The molecule has 1 atom stereocenters. The summed E-state index contributed by atoms with van der Waals surface area (Å²) in [7, 11) is -8.33. The molecule has 0 aromatic heterocycles. The molecule has 0 saturated heterocycles. The molecule has 0 aliphatic carbocycles. The van der Waals surface area contributed by atoms with Crippen LogP contribution in [0.25, 0.3) is 0 Å². The minimum absolute atomic E-state index is 0. The van der Waals surface area contributed by atoms with Crippen molar-refractivity contribution in [2.45, 2.75) is 0 Å². The molecular formula is H4Na2O5S4. The average Bonchev–Trinajstić information content (AvgIpc) is 1.14. The molecule has 0 bridgehead atoms. The zero-order valence-corrected chi connectivity index (χ0v) is 7.10. The van der Waals surface area contributed by atoms with Crippen molar-refractivity contribution in [3.8, 4) is 0 Å². The number of rotatable bonds is 2. The van der Waals surface area contributed by atoms with Gasteiger partial charge in [-0.15, -0.1) is 3.63 Å². The first-order valence-electron chi connectivity index (χ1n) is 1.37. The first-order chi connectivity index (χ1) is 3.71. The molecule has 0 amide bonds. The molecule has 1 unspecified atom stereocenters. The van der Waals surface area contributed by atoms with Gasteiger partial charge < -0.3 is 0 Å². The summed E-state index contributed by atoms with van der Waals surface area (Å²) in [5.41, 5.74) is 0. The molecule has 5 nitrogen and oxygen atoms in total. The number of thiol groups is 1. The summed E-state index contributed by atoms with van der Waals surface area (Å²) in [6.45, 7) is 0. The Balaban J connectivity index is -0.000000320. The summed E-state index contributed by atoms with van der Waals surface area (Å²) in [6.07, 6.45) is 0. The number of hydrogen-bond donors (Lipinski definition) is 2. The van der Waals surface area contributed by atoms with Gasteiger partial charge in [0.1, 0.15) is 0 Å². The summed E-state index contributed by atoms with van der Waals surface area (Å²) in [4.78, 5) is 0. The Hall–Kier alpha value is 2.59. The number of hydrogen-bond acceptors (Lipinski definition) is 5. The first-order valence-corrected chi connectivity index (χ1v) is 6.19. The van der Waals surface area contributed by atoms with E-state index in [-0.39, 0.29) is 59.1 Å². The van der Waals surface area contributed by atoms with Gasteiger partial charge in [0.15, 0.2) is 0 Å². The van der Waals surface area contributed by atoms with E-state index in [0.717, 1.165) is 0 Å². The van der Waals surface area contributed by atoms with Crippen LogP contribution in [-0.2, 0) is 33.0 Å². The molecule has 0 radical (unpaired) electrons. The molecule has 0 fully saturated rings. The van der Waals surface area contributed by atoms with E-state index in [1.807, 2.05) is 0 Å². The molecule has 0 spiro atoms. The van der Waals surface area contributed by atoms with Crippen LogP contribution >= 0.6 is 11.7 Å². The van der Waals surface area contributed by atoms with Gasteiger partial charge in [-0.1, -0.05) is 0 Å². The van der Waals surface area contributed by atoms with Crippen LogP contribution in [0.2, 0.25) is 0 Å². The molecule has 0 aromatic rings. The van der Waals surface area contributed by atoms with Crippen LogP contribution in [-0.4, -0.2) is 76.3 Å². The Bertz CT molecular complexity index is 242. The van der Waals surface area contributed by atoms with E-state index < -0.39 is 18.2 Å². The Morgan fingerprint density at radius 3 is 1.55 bits per heavy atom. The van der Waals surface area contributed by atoms with Gasteiger partial charge in [0, 0.05) is 11.2 Å². The van der Waals surface area contributed by atoms with E-state index in [1.165, 1.54) is 0 Å². The van der Waals surface area contributed by atoms with E-state index in [4.69, 9.17) is 4.55 Å². The maximum absolute atomic E-state index is 9.92. The van der Waals surface area contributed by atoms with Gasteiger partial charge in [-0.2, -0.15) is 12.6 Å². The topological polar surface area (TPSA) is 80.7 Å². The average molecular weight is 258 g/mol. The fourth-order valence-electron chi connectivity index (χ4n) is 0.109. The molecule has 0 saturated carbocycles. The van der Waals surface area contributed by atoms with Crippen LogP contribution in [0.3, 0.4) is 0 Å². The van der Waals surface area contributed by atoms with Crippen molar-refractivity contribution < 1.29 is 20.8 Å². The van der Waals surface area contributed by atoms with Gasteiger partial charge in [0.2, 0.25) is 0 Å². The molecule has 0 aliphatic heterocycles. The summed E-state index contributed by atoms with van der Waals surface area (Å²) >= 11 is 6.46. The summed E-state index contributed by atoms with van der Waals surface area (Å²) in [5.74, 6) is 0. The predicted octanol–water partition coefficient (Wildman–Crippen LogP) is -1.99. The van der Waals surface area contributed by atoms with Crippen LogP contribution in [0.15, 0.2) is 0 Å². The molecule has 60 valence electrons. The third kappa shape index (κ3) is 19.1. The van der Waals surface area contributed by atoms with E-state index >= 15 is 0 Å². The van der Waals surface area contributed by atoms with Crippen LogP contribution in [0.4, 0.5) is 0 Å². The standard InChI is InChI=1S/2Na.H2O5S4.2H/c;;1-8(2,6)5-9(3,4)7;;/h;;(H,1,2,6)(H,3,4,7);;. The fourth-order valence-corrected chi connectivity index (χ4v) is 2.75. The third-order valence-electron chi connectivity index (χ3n) is 0.172. The quantitative estimate of drug-likeness (QED) is 0.339. The van der Waals surface area contributed by atoms with Crippen LogP contribution < -0.4 is 0 Å². The van der Waals surface area contributed by atoms with E-state index in [2.05, 4.69) is 26.5 Å². The Labute approximate surface area is 119 Å². The van der Waals surface area contributed by atoms with Crippen molar-refractivity contribution in [1.82, 2.24) is 0 Å². The molecule has 0 aliphatic rings. The fraction of sp³-hybridized carbons (Fsp3) is 0. The Morgan fingerprint density at radius 1 is 1.27 bits per heavy atom. The van der Waals surface area contributed by atoms with Crippen LogP contribution in [0, 0.1) is 0 Å². The van der Waals surface area contributed by atoms with Gasteiger partial charge in [0.05, 0.1) is 0 Å². The van der Waals surface area contributed by atoms with E-state index in [0.29, 0.717) is 0 Å². The van der Waals surface area contributed by atoms with Gasteiger partial charge in [-0.3, -0.25) is 4.55 Å². The van der Waals surface area contributed by atoms with Crippen molar-refractivity contribution in [2.24, 2.45) is 0 Å². The normalized spacial score (nSPS) is 15.5. The second kappa shape index (κ2) is 6.96. The third-order valence-corrected chi connectivity index (χ3v) is 2.60. The Kier molecular flexibility index (Phi) is 12.2. The van der Waals surface area contributed by atoms with Gasteiger partial charge in [-0.05, 0) is 11.7 Å². The summed E-state index contributed by atoms with van der Waals surface area (Å²) < 4.78 is 41.1. The Morgan fingerprint density at radius 2 is 1.55 bits per heavy atom. The molecule has 11 heavy (non-hydrogen) atoms. The molecule has 1 N–H and O–H groups in total. The van der Waals surface area contributed by atoms with Gasteiger partial charge >= 0.3 is 68.3 Å². The first kappa shape index (κ1) is 19.2. The second-order valence-electron chi connectivity index (χ2n) is 0.924. The van der Waals surface area contributed by atoms with Gasteiger partial charge in [-0.25, -0.2) is 0 Å². The summed E-state index contributed by atoms with van der Waals surface area (Å²) in [6, 6.07) is 0. The van der Waals surface area contributed by atoms with Crippen LogP contribution in [0.1, 0.15) is 0 Å². The molecule has 11 heteroatoms. The van der Waals surface area contributed by atoms with Crippen LogP contribution in [0.5, 0.6) is 0 Å². The molecular weight excluding hydrogens is 254 g/mol. The van der Waals surface area contributed by atoms with Crippen molar-refractivity contribution in [2.75, 3.05) is 0 Å². The second-order valence-corrected chi connectivity index (χ2v) is 5.78. The maximum atomic E-state index is 9.92. The predicted molar refractivity (Wildman–Crippen MR) is 51.4 cm³/mol. The molecule has 0 aromatic carbocycles. The van der Waals surface area contributed by atoms with E-state index in [9.17, 15) is 12.6 Å². The van der Waals surface area contributed by atoms with Crippen molar-refractivity contribution in [3.05, 3.63) is 0 Å². The van der Waals surface area contributed by atoms with Crippen molar-refractivity contribution in [3.63, 3.8) is 0 Å².